The number of nitrogens with zero attached hydrogens (tertiary/aromatic N) is 1. The van der Waals surface area contributed by atoms with Gasteiger partial charge in [0, 0.05) is 23.1 Å². The first kappa shape index (κ1) is 16.5. The Balaban J connectivity index is 1.68. The summed E-state index contributed by atoms with van der Waals surface area (Å²) in [5, 5.41) is 5.31. The quantitative estimate of drug-likeness (QED) is 0.750. The van der Waals surface area contributed by atoms with Crippen molar-refractivity contribution >= 4 is 34.5 Å². The molecule has 0 fully saturated rings. The van der Waals surface area contributed by atoms with Crippen LogP contribution >= 0.6 is 0 Å². The Morgan fingerprint density at radius 3 is 2.44 bits per heavy atom. The minimum absolute atomic E-state index is 0.182. The molecule has 0 aliphatic rings. The number of pyridine rings is 1. The normalized spacial score (nSPS) is 10.5. The smallest absolute Gasteiger partial charge is 0.411 e. The molecule has 0 aliphatic carbocycles. The highest BCUT2D eigenvalue weighted by Gasteiger charge is 2.13. The van der Waals surface area contributed by atoms with Crippen molar-refractivity contribution < 1.29 is 18.7 Å². The number of rotatable bonds is 4. The van der Waals surface area contributed by atoms with Crippen LogP contribution in [0.5, 0.6) is 0 Å². The molecule has 2 N–H and O–H groups in total. The number of hydrogen-bond donors (Lipinski definition) is 2. The van der Waals surface area contributed by atoms with Gasteiger partial charge in [0.1, 0.15) is 5.52 Å². The van der Waals surface area contributed by atoms with Crippen molar-refractivity contribution in [1.29, 1.82) is 0 Å². The topological polar surface area (TPSA) is 93.5 Å². The maximum atomic E-state index is 12.3. The zero-order chi connectivity index (χ0) is 17.8. The average molecular weight is 339 g/mol. The Labute approximate surface area is 144 Å². The molecule has 0 atom stereocenters. The van der Waals surface area contributed by atoms with Crippen LogP contribution in [0.1, 0.15) is 23.2 Å². The summed E-state index contributed by atoms with van der Waals surface area (Å²) in [6.45, 7) is 3.90. The highest BCUT2D eigenvalue weighted by Crippen LogP contribution is 2.20. The third kappa shape index (κ3) is 3.95. The van der Waals surface area contributed by atoms with E-state index in [0.29, 0.717) is 29.1 Å². The number of amides is 2. The molecular weight excluding hydrogens is 322 g/mol. The van der Waals surface area contributed by atoms with Crippen molar-refractivity contribution in [3.63, 3.8) is 0 Å². The number of carbonyl (C=O) groups excluding carboxylic acids is 2. The number of anilines is 2. The van der Waals surface area contributed by atoms with Crippen LogP contribution in [0, 0.1) is 6.92 Å². The number of aromatic nitrogens is 1. The molecule has 0 aliphatic heterocycles. The largest absolute Gasteiger partial charge is 0.450 e. The molecule has 1 aromatic carbocycles. The van der Waals surface area contributed by atoms with E-state index in [1.807, 2.05) is 13.0 Å². The zero-order valence-electron chi connectivity index (χ0n) is 13.8. The van der Waals surface area contributed by atoms with E-state index < -0.39 is 6.09 Å². The van der Waals surface area contributed by atoms with Gasteiger partial charge < -0.3 is 14.5 Å². The lowest BCUT2D eigenvalue weighted by molar-refractivity contribution is 0.0998. The van der Waals surface area contributed by atoms with Crippen molar-refractivity contribution in [2.45, 2.75) is 13.8 Å². The number of fused-ring (bicyclic) bond motifs is 1. The highest BCUT2D eigenvalue weighted by atomic mass is 16.5. The SMILES string of the molecule is CCOC(=O)Nc1ccc(NC(=O)c2cc3nc(C)ccc3o2)cc1. The summed E-state index contributed by atoms with van der Waals surface area (Å²) in [7, 11) is 0. The van der Waals surface area contributed by atoms with Crippen LogP contribution in [-0.4, -0.2) is 23.6 Å². The molecular formula is C18H17N3O4. The Morgan fingerprint density at radius 1 is 1.08 bits per heavy atom. The standard InChI is InChI=1S/C18H17N3O4/c1-3-24-18(23)21-13-7-5-12(6-8-13)20-17(22)16-10-14-15(25-16)9-4-11(2)19-14/h4-10H,3H2,1-2H3,(H,20,22)(H,21,23). The number of ether oxygens (including phenoxy) is 1. The Kier molecular flexibility index (Phi) is 4.65. The number of carbonyl (C=O) groups is 2. The maximum Gasteiger partial charge on any atom is 0.411 e. The lowest BCUT2D eigenvalue weighted by Crippen LogP contribution is -2.13. The van der Waals surface area contributed by atoms with Crippen LogP contribution in [0.25, 0.3) is 11.1 Å². The molecule has 2 heterocycles. The summed E-state index contributed by atoms with van der Waals surface area (Å²) in [6, 6.07) is 11.9. The first-order valence-corrected chi connectivity index (χ1v) is 7.77. The van der Waals surface area contributed by atoms with Gasteiger partial charge >= 0.3 is 6.09 Å². The number of furan rings is 1. The molecule has 0 bridgehead atoms. The van der Waals surface area contributed by atoms with E-state index in [9.17, 15) is 9.59 Å². The Morgan fingerprint density at radius 2 is 1.76 bits per heavy atom. The van der Waals surface area contributed by atoms with Gasteiger partial charge in [0.25, 0.3) is 5.91 Å². The van der Waals surface area contributed by atoms with Crippen molar-refractivity contribution in [2.24, 2.45) is 0 Å². The first-order valence-electron chi connectivity index (χ1n) is 7.77. The first-order chi connectivity index (χ1) is 12.0. The number of hydrogen-bond acceptors (Lipinski definition) is 5. The fraction of sp³-hybridized carbons (Fsp3) is 0.167. The number of nitrogens with one attached hydrogen (secondary N) is 2. The summed E-state index contributed by atoms with van der Waals surface area (Å²) in [6.07, 6.45) is -0.524. The molecule has 3 rings (SSSR count). The average Bonchev–Trinajstić information content (AvgIpc) is 3.00. The fourth-order valence-corrected chi connectivity index (χ4v) is 2.25. The zero-order valence-corrected chi connectivity index (χ0v) is 13.8. The van der Waals surface area contributed by atoms with E-state index >= 15 is 0 Å². The van der Waals surface area contributed by atoms with Crippen LogP contribution in [0.2, 0.25) is 0 Å². The molecule has 3 aromatic rings. The molecule has 0 unspecified atom stereocenters. The number of aryl methyl sites for hydroxylation is 1. The third-order valence-electron chi connectivity index (χ3n) is 3.40. The molecule has 0 saturated heterocycles. The van der Waals surface area contributed by atoms with Crippen molar-refractivity contribution in [1.82, 2.24) is 4.98 Å². The Hall–Kier alpha value is -3.35. The van der Waals surface area contributed by atoms with Crippen LogP contribution in [-0.2, 0) is 4.74 Å². The van der Waals surface area contributed by atoms with Gasteiger partial charge in [0.05, 0.1) is 6.61 Å². The molecule has 2 aromatic heterocycles. The van der Waals surface area contributed by atoms with Crippen LogP contribution < -0.4 is 10.6 Å². The van der Waals surface area contributed by atoms with Gasteiger partial charge in [0.2, 0.25) is 0 Å². The maximum absolute atomic E-state index is 12.3. The lowest BCUT2D eigenvalue weighted by Gasteiger charge is -2.07. The van der Waals surface area contributed by atoms with Crippen molar-refractivity contribution in [2.75, 3.05) is 17.2 Å². The van der Waals surface area contributed by atoms with Gasteiger partial charge in [-0.25, -0.2) is 9.78 Å². The molecule has 128 valence electrons. The van der Waals surface area contributed by atoms with Crippen LogP contribution in [0.4, 0.5) is 16.2 Å². The van der Waals surface area contributed by atoms with E-state index in [2.05, 4.69) is 15.6 Å². The van der Waals surface area contributed by atoms with Gasteiger partial charge in [-0.05, 0) is 50.2 Å². The molecule has 2 amide bonds. The lowest BCUT2D eigenvalue weighted by atomic mass is 10.2. The van der Waals surface area contributed by atoms with E-state index in [0.717, 1.165) is 5.69 Å². The highest BCUT2D eigenvalue weighted by molar-refractivity contribution is 6.04. The number of benzene rings is 1. The summed E-state index contributed by atoms with van der Waals surface area (Å²) in [4.78, 5) is 28.0. The molecule has 0 radical (unpaired) electrons. The Bertz CT molecular complexity index is 916. The van der Waals surface area contributed by atoms with E-state index in [1.165, 1.54) is 0 Å². The minimum atomic E-state index is -0.524. The third-order valence-corrected chi connectivity index (χ3v) is 3.40. The van der Waals surface area contributed by atoms with E-state index in [4.69, 9.17) is 9.15 Å². The summed E-state index contributed by atoms with van der Waals surface area (Å²) in [5.74, 6) is -0.191. The summed E-state index contributed by atoms with van der Waals surface area (Å²) >= 11 is 0. The van der Waals surface area contributed by atoms with E-state index in [1.54, 1.807) is 43.3 Å². The molecule has 25 heavy (non-hydrogen) atoms. The second-order valence-electron chi connectivity index (χ2n) is 5.32. The summed E-state index contributed by atoms with van der Waals surface area (Å²) < 4.78 is 10.3. The second kappa shape index (κ2) is 7.04. The van der Waals surface area contributed by atoms with Gasteiger partial charge in [-0.3, -0.25) is 10.1 Å². The monoisotopic (exact) mass is 339 g/mol. The predicted octanol–water partition coefficient (Wildman–Crippen LogP) is 3.96. The molecule has 7 heteroatoms. The fourth-order valence-electron chi connectivity index (χ4n) is 2.25. The van der Waals surface area contributed by atoms with Gasteiger partial charge in [-0.1, -0.05) is 0 Å². The minimum Gasteiger partial charge on any atom is -0.450 e. The van der Waals surface area contributed by atoms with Crippen LogP contribution in [0.3, 0.4) is 0 Å². The second-order valence-corrected chi connectivity index (χ2v) is 5.32. The van der Waals surface area contributed by atoms with Gasteiger partial charge in [0.15, 0.2) is 11.3 Å². The predicted molar refractivity (Wildman–Crippen MR) is 93.8 cm³/mol. The van der Waals surface area contributed by atoms with Gasteiger partial charge in [-0.2, -0.15) is 0 Å². The molecule has 0 saturated carbocycles. The molecule has 0 spiro atoms. The molecule has 7 nitrogen and oxygen atoms in total. The van der Waals surface area contributed by atoms with Crippen LogP contribution in [0.15, 0.2) is 46.9 Å². The van der Waals surface area contributed by atoms with Gasteiger partial charge in [-0.15, -0.1) is 0 Å². The van der Waals surface area contributed by atoms with E-state index in [-0.39, 0.29) is 11.7 Å². The van der Waals surface area contributed by atoms with Crippen molar-refractivity contribution in [3.05, 3.63) is 53.9 Å². The van der Waals surface area contributed by atoms with Crippen molar-refractivity contribution in [3.8, 4) is 0 Å². The summed E-state index contributed by atoms with van der Waals surface area (Å²) in [5.41, 5.74) is 3.19.